The van der Waals surface area contributed by atoms with Gasteiger partial charge in [0.2, 0.25) is 0 Å². The molecule has 0 aliphatic heterocycles. The molecule has 2 rings (SSSR count). The molecule has 0 fully saturated rings. The van der Waals surface area contributed by atoms with E-state index in [4.69, 9.17) is 5.73 Å². The standard InChI is InChI=1S/C15H20N2/c1-2-14(16)11-17-10-13-8-5-7-12-6-3-4-9-15(12)13/h3-9,14,17H,2,10-11,16H2,1H3. The Bertz CT molecular complexity index is 474. The van der Waals surface area contributed by atoms with E-state index >= 15 is 0 Å². The number of benzene rings is 2. The van der Waals surface area contributed by atoms with Gasteiger partial charge in [-0.25, -0.2) is 0 Å². The molecule has 2 aromatic rings. The minimum Gasteiger partial charge on any atom is -0.327 e. The van der Waals surface area contributed by atoms with Crippen molar-refractivity contribution in [3.05, 3.63) is 48.0 Å². The van der Waals surface area contributed by atoms with Gasteiger partial charge in [-0.1, -0.05) is 49.4 Å². The lowest BCUT2D eigenvalue weighted by Gasteiger charge is -2.11. The summed E-state index contributed by atoms with van der Waals surface area (Å²) in [4.78, 5) is 0. The molecule has 0 amide bonds. The van der Waals surface area contributed by atoms with Crippen LogP contribution in [-0.2, 0) is 6.54 Å². The molecule has 0 aliphatic carbocycles. The summed E-state index contributed by atoms with van der Waals surface area (Å²) in [6.45, 7) is 3.87. The predicted octanol–water partition coefficient (Wildman–Crippen LogP) is 2.67. The Morgan fingerprint density at radius 1 is 1.12 bits per heavy atom. The van der Waals surface area contributed by atoms with E-state index in [0.717, 1.165) is 19.5 Å². The highest BCUT2D eigenvalue weighted by Crippen LogP contribution is 2.18. The van der Waals surface area contributed by atoms with Gasteiger partial charge < -0.3 is 11.1 Å². The Kier molecular flexibility index (Phi) is 4.13. The number of rotatable bonds is 5. The number of hydrogen-bond acceptors (Lipinski definition) is 2. The second-order valence-corrected chi connectivity index (χ2v) is 4.44. The smallest absolute Gasteiger partial charge is 0.0212 e. The van der Waals surface area contributed by atoms with Crippen LogP contribution in [0.5, 0.6) is 0 Å². The largest absolute Gasteiger partial charge is 0.327 e. The van der Waals surface area contributed by atoms with Crippen molar-refractivity contribution in [1.29, 1.82) is 0 Å². The molecule has 0 radical (unpaired) electrons. The summed E-state index contributed by atoms with van der Waals surface area (Å²) in [5.41, 5.74) is 7.23. The van der Waals surface area contributed by atoms with Crippen molar-refractivity contribution in [3.8, 4) is 0 Å². The molecule has 0 aliphatic rings. The lowest BCUT2D eigenvalue weighted by molar-refractivity contribution is 0.564. The Balaban J connectivity index is 2.08. The molecule has 2 aromatic carbocycles. The average Bonchev–Trinajstić information content (AvgIpc) is 2.39. The van der Waals surface area contributed by atoms with Crippen LogP contribution >= 0.6 is 0 Å². The highest BCUT2D eigenvalue weighted by atomic mass is 14.9. The molecule has 0 aromatic heterocycles. The number of nitrogens with two attached hydrogens (primary N) is 1. The summed E-state index contributed by atoms with van der Waals surface area (Å²) in [6, 6.07) is 15.2. The lowest BCUT2D eigenvalue weighted by atomic mass is 10.0. The van der Waals surface area contributed by atoms with Crippen molar-refractivity contribution >= 4 is 10.8 Å². The molecular formula is C15H20N2. The molecule has 0 heterocycles. The van der Waals surface area contributed by atoms with Crippen LogP contribution in [0.4, 0.5) is 0 Å². The van der Waals surface area contributed by atoms with Gasteiger partial charge >= 0.3 is 0 Å². The first-order chi connectivity index (χ1) is 8.31. The van der Waals surface area contributed by atoms with Crippen molar-refractivity contribution in [1.82, 2.24) is 5.32 Å². The molecule has 2 heteroatoms. The molecule has 2 nitrogen and oxygen atoms in total. The fourth-order valence-corrected chi connectivity index (χ4v) is 1.98. The first-order valence-electron chi connectivity index (χ1n) is 6.24. The van der Waals surface area contributed by atoms with Crippen molar-refractivity contribution < 1.29 is 0 Å². The predicted molar refractivity (Wildman–Crippen MR) is 73.9 cm³/mol. The van der Waals surface area contributed by atoms with Gasteiger partial charge in [0, 0.05) is 19.1 Å². The van der Waals surface area contributed by atoms with Gasteiger partial charge in [-0.3, -0.25) is 0 Å². The van der Waals surface area contributed by atoms with Gasteiger partial charge in [0.1, 0.15) is 0 Å². The van der Waals surface area contributed by atoms with Crippen molar-refractivity contribution in [2.45, 2.75) is 25.9 Å². The van der Waals surface area contributed by atoms with Crippen LogP contribution in [0.1, 0.15) is 18.9 Å². The molecule has 0 spiro atoms. The van der Waals surface area contributed by atoms with Gasteiger partial charge in [-0.15, -0.1) is 0 Å². The van der Waals surface area contributed by atoms with Gasteiger partial charge in [0.05, 0.1) is 0 Å². The van der Waals surface area contributed by atoms with Gasteiger partial charge in [-0.05, 0) is 22.8 Å². The third kappa shape index (κ3) is 3.05. The van der Waals surface area contributed by atoms with Crippen molar-refractivity contribution in [3.63, 3.8) is 0 Å². The molecule has 0 bridgehead atoms. The van der Waals surface area contributed by atoms with Gasteiger partial charge in [0.25, 0.3) is 0 Å². The van der Waals surface area contributed by atoms with Crippen LogP contribution in [0.2, 0.25) is 0 Å². The minimum absolute atomic E-state index is 0.255. The van der Waals surface area contributed by atoms with E-state index in [1.165, 1.54) is 16.3 Å². The third-order valence-corrected chi connectivity index (χ3v) is 3.13. The molecule has 17 heavy (non-hydrogen) atoms. The molecular weight excluding hydrogens is 208 g/mol. The van der Waals surface area contributed by atoms with Gasteiger partial charge in [-0.2, -0.15) is 0 Å². The van der Waals surface area contributed by atoms with Crippen LogP contribution < -0.4 is 11.1 Å². The molecule has 0 saturated carbocycles. The Morgan fingerprint density at radius 3 is 2.71 bits per heavy atom. The number of nitrogens with one attached hydrogen (secondary N) is 1. The van der Waals surface area contributed by atoms with Crippen LogP contribution in [0, 0.1) is 0 Å². The molecule has 90 valence electrons. The van der Waals surface area contributed by atoms with E-state index in [-0.39, 0.29) is 6.04 Å². The fraction of sp³-hybridized carbons (Fsp3) is 0.333. The average molecular weight is 228 g/mol. The van der Waals surface area contributed by atoms with E-state index < -0.39 is 0 Å². The topological polar surface area (TPSA) is 38.0 Å². The van der Waals surface area contributed by atoms with Gasteiger partial charge in [0.15, 0.2) is 0 Å². The molecule has 3 N–H and O–H groups in total. The Morgan fingerprint density at radius 2 is 1.88 bits per heavy atom. The SMILES string of the molecule is CCC(N)CNCc1cccc2ccccc12. The van der Waals surface area contributed by atoms with E-state index in [0.29, 0.717) is 0 Å². The quantitative estimate of drug-likeness (QED) is 0.825. The normalized spacial score (nSPS) is 12.8. The monoisotopic (exact) mass is 228 g/mol. The van der Waals surface area contributed by atoms with Crippen LogP contribution in [0.15, 0.2) is 42.5 Å². The highest BCUT2D eigenvalue weighted by Gasteiger charge is 2.01. The highest BCUT2D eigenvalue weighted by molar-refractivity contribution is 5.85. The fourth-order valence-electron chi connectivity index (χ4n) is 1.98. The lowest BCUT2D eigenvalue weighted by Crippen LogP contribution is -2.32. The summed E-state index contributed by atoms with van der Waals surface area (Å²) >= 11 is 0. The van der Waals surface area contributed by atoms with E-state index in [1.807, 2.05) is 0 Å². The second-order valence-electron chi connectivity index (χ2n) is 4.44. The molecule has 0 saturated heterocycles. The molecule has 1 atom stereocenters. The summed E-state index contributed by atoms with van der Waals surface area (Å²) in [6.07, 6.45) is 1.02. The van der Waals surface area contributed by atoms with Crippen molar-refractivity contribution in [2.24, 2.45) is 5.73 Å². The zero-order valence-corrected chi connectivity index (χ0v) is 10.3. The minimum atomic E-state index is 0.255. The maximum atomic E-state index is 5.89. The van der Waals surface area contributed by atoms with E-state index in [9.17, 15) is 0 Å². The summed E-state index contributed by atoms with van der Waals surface area (Å²) in [7, 11) is 0. The Labute approximate surface area is 103 Å². The van der Waals surface area contributed by atoms with Crippen LogP contribution in [-0.4, -0.2) is 12.6 Å². The maximum absolute atomic E-state index is 5.89. The second kappa shape index (κ2) is 5.80. The zero-order chi connectivity index (χ0) is 12.1. The zero-order valence-electron chi connectivity index (χ0n) is 10.3. The molecule has 1 unspecified atom stereocenters. The first kappa shape index (κ1) is 12.1. The number of hydrogen-bond donors (Lipinski definition) is 2. The van der Waals surface area contributed by atoms with Crippen LogP contribution in [0.3, 0.4) is 0 Å². The van der Waals surface area contributed by atoms with E-state index in [2.05, 4.69) is 54.7 Å². The third-order valence-electron chi connectivity index (χ3n) is 3.13. The maximum Gasteiger partial charge on any atom is 0.0212 e. The number of fused-ring (bicyclic) bond motifs is 1. The summed E-state index contributed by atoms with van der Waals surface area (Å²) in [5.74, 6) is 0. The van der Waals surface area contributed by atoms with Crippen LogP contribution in [0.25, 0.3) is 10.8 Å². The first-order valence-corrected chi connectivity index (χ1v) is 6.24. The summed E-state index contributed by atoms with van der Waals surface area (Å²) in [5, 5.41) is 6.04. The van der Waals surface area contributed by atoms with Crippen molar-refractivity contribution in [2.75, 3.05) is 6.54 Å². The summed E-state index contributed by atoms with van der Waals surface area (Å²) < 4.78 is 0. The Hall–Kier alpha value is -1.38. The van der Waals surface area contributed by atoms with E-state index in [1.54, 1.807) is 0 Å².